The fourth-order valence-electron chi connectivity index (χ4n) is 2.28. The van der Waals surface area contributed by atoms with Crippen LogP contribution in [0.2, 0.25) is 5.02 Å². The van der Waals surface area contributed by atoms with Gasteiger partial charge in [0.2, 0.25) is 0 Å². The van der Waals surface area contributed by atoms with Crippen LogP contribution in [-0.2, 0) is 9.47 Å². The van der Waals surface area contributed by atoms with Gasteiger partial charge in [0.15, 0.2) is 25.1 Å². The zero-order chi connectivity index (χ0) is 21.2. The van der Waals surface area contributed by atoms with Gasteiger partial charge in [-0.25, -0.2) is 0 Å². The number of nitrogens with zero attached hydrogens (tertiary/aromatic N) is 2. The van der Waals surface area contributed by atoms with E-state index in [-0.39, 0.29) is 41.2 Å². The molecule has 0 aliphatic carbocycles. The van der Waals surface area contributed by atoms with Gasteiger partial charge in [-0.3, -0.25) is 0 Å². The third-order valence-electron chi connectivity index (χ3n) is 3.65. The van der Waals surface area contributed by atoms with E-state index >= 15 is 0 Å². The lowest BCUT2D eigenvalue weighted by molar-refractivity contribution is 0.0183. The van der Waals surface area contributed by atoms with Gasteiger partial charge in [-0.15, -0.1) is 0 Å². The highest BCUT2D eigenvalue weighted by Crippen LogP contribution is 2.49. The molecule has 0 aromatic heterocycles. The number of halogens is 1. The first kappa shape index (κ1) is 22.7. The third-order valence-corrected chi connectivity index (χ3v) is 5.30. The number of nitrogen functional groups attached to an aromatic ring is 1. The number of para-hydroxylation sites is 1. The molecule has 0 fully saturated rings. The second-order valence-electron chi connectivity index (χ2n) is 5.42. The first-order valence-corrected chi connectivity index (χ1v) is 9.91. The Morgan fingerprint density at radius 3 is 2.07 bits per heavy atom. The molecule has 7 nitrogen and oxygen atoms in total. The van der Waals surface area contributed by atoms with Crippen LogP contribution in [0.4, 0.5) is 5.69 Å². The number of benzene rings is 2. The number of anilines is 1. The van der Waals surface area contributed by atoms with Crippen molar-refractivity contribution in [3.05, 3.63) is 40.4 Å². The lowest BCUT2D eigenvalue weighted by atomic mass is 10.1. The highest BCUT2D eigenvalue weighted by Gasteiger charge is 2.27. The molecule has 0 heterocycles. The summed E-state index contributed by atoms with van der Waals surface area (Å²) in [6, 6.07) is 11.2. The number of hydrogen-bond donors (Lipinski definition) is 1. The SMILES string of the molecule is CCOCOc1c(Cl)c(Sc2ccccc2N)c(OCOCC)c(C#N)c1C#N. The number of ether oxygens (including phenoxy) is 4. The number of rotatable bonds is 10. The average molecular weight is 434 g/mol. The van der Waals surface area contributed by atoms with Crippen molar-refractivity contribution in [2.24, 2.45) is 0 Å². The molecule has 0 aliphatic rings. The van der Waals surface area contributed by atoms with Crippen LogP contribution in [0.15, 0.2) is 34.1 Å². The second kappa shape index (κ2) is 11.4. The fraction of sp³-hybridized carbons (Fsp3) is 0.300. The Labute approximate surface area is 178 Å². The zero-order valence-electron chi connectivity index (χ0n) is 16.0. The highest BCUT2D eigenvalue weighted by molar-refractivity contribution is 7.99. The first-order chi connectivity index (χ1) is 14.1. The lowest BCUT2D eigenvalue weighted by Crippen LogP contribution is -2.09. The van der Waals surface area contributed by atoms with Gasteiger partial charge in [0.05, 0.1) is 4.90 Å². The molecule has 29 heavy (non-hydrogen) atoms. The fourth-order valence-corrected chi connectivity index (χ4v) is 3.62. The molecule has 2 aromatic carbocycles. The number of nitrogens with two attached hydrogens (primary N) is 1. The summed E-state index contributed by atoms with van der Waals surface area (Å²) in [6.45, 7) is 4.23. The van der Waals surface area contributed by atoms with Gasteiger partial charge in [0, 0.05) is 23.8 Å². The van der Waals surface area contributed by atoms with Crippen molar-refractivity contribution < 1.29 is 18.9 Å². The summed E-state index contributed by atoms with van der Waals surface area (Å²) >= 11 is 7.81. The Bertz CT molecular complexity index is 941. The molecule has 0 bridgehead atoms. The molecule has 9 heteroatoms. The van der Waals surface area contributed by atoms with Crippen LogP contribution in [0.1, 0.15) is 25.0 Å². The van der Waals surface area contributed by atoms with Crippen LogP contribution in [0, 0.1) is 22.7 Å². The first-order valence-electron chi connectivity index (χ1n) is 8.71. The molecular formula is C20H20ClN3O4S. The zero-order valence-corrected chi connectivity index (χ0v) is 17.6. The summed E-state index contributed by atoms with van der Waals surface area (Å²) < 4.78 is 21.7. The van der Waals surface area contributed by atoms with Crippen LogP contribution in [0.5, 0.6) is 11.5 Å². The Kier molecular flexibility index (Phi) is 8.91. The molecule has 2 rings (SSSR count). The predicted octanol–water partition coefficient (Wildman–Crippen LogP) is 4.56. The van der Waals surface area contributed by atoms with E-state index in [0.717, 1.165) is 0 Å². The van der Waals surface area contributed by atoms with E-state index in [0.29, 0.717) is 28.7 Å². The van der Waals surface area contributed by atoms with Crippen molar-refractivity contribution in [1.29, 1.82) is 10.5 Å². The molecule has 0 saturated heterocycles. The highest BCUT2D eigenvalue weighted by atomic mass is 35.5. The van der Waals surface area contributed by atoms with Gasteiger partial charge in [0.1, 0.15) is 28.3 Å². The number of nitriles is 2. The van der Waals surface area contributed by atoms with Crippen molar-refractivity contribution in [2.45, 2.75) is 23.6 Å². The number of hydrogen-bond acceptors (Lipinski definition) is 8. The van der Waals surface area contributed by atoms with Gasteiger partial charge in [-0.05, 0) is 26.0 Å². The van der Waals surface area contributed by atoms with Crippen molar-refractivity contribution in [3.63, 3.8) is 0 Å². The van der Waals surface area contributed by atoms with E-state index in [1.165, 1.54) is 11.8 Å². The van der Waals surface area contributed by atoms with Crippen LogP contribution in [0.3, 0.4) is 0 Å². The summed E-state index contributed by atoms with van der Waals surface area (Å²) in [5.41, 5.74) is 6.55. The normalized spacial score (nSPS) is 10.2. The molecule has 0 amide bonds. The van der Waals surface area contributed by atoms with E-state index in [1.807, 2.05) is 37.3 Å². The van der Waals surface area contributed by atoms with Gasteiger partial charge >= 0.3 is 0 Å². The van der Waals surface area contributed by atoms with Crippen LogP contribution < -0.4 is 15.2 Å². The Morgan fingerprint density at radius 2 is 1.52 bits per heavy atom. The van der Waals surface area contributed by atoms with Gasteiger partial charge in [0.25, 0.3) is 0 Å². The standard InChI is InChI=1S/C20H20ClN3O4S/c1-3-25-11-27-18-13(9-22)14(10-23)19(28-12-26-4-2)20(17(18)21)29-16-8-6-5-7-15(16)24/h5-8H,3-4,11-12,24H2,1-2H3. The Hall–Kier alpha value is -2.62. The van der Waals surface area contributed by atoms with Gasteiger partial charge < -0.3 is 24.7 Å². The van der Waals surface area contributed by atoms with E-state index in [1.54, 1.807) is 13.0 Å². The van der Waals surface area contributed by atoms with Crippen molar-refractivity contribution in [1.82, 2.24) is 0 Å². The predicted molar refractivity (Wildman–Crippen MR) is 110 cm³/mol. The smallest absolute Gasteiger partial charge is 0.189 e. The molecule has 152 valence electrons. The largest absolute Gasteiger partial charge is 0.465 e. The Morgan fingerprint density at radius 1 is 0.966 bits per heavy atom. The molecule has 0 aliphatic heterocycles. The van der Waals surface area contributed by atoms with E-state index in [4.69, 9.17) is 36.3 Å². The minimum Gasteiger partial charge on any atom is -0.465 e. The quantitative estimate of drug-likeness (QED) is 0.329. The topological polar surface area (TPSA) is 111 Å². The second-order valence-corrected chi connectivity index (χ2v) is 6.85. The van der Waals surface area contributed by atoms with Crippen molar-refractivity contribution in [3.8, 4) is 23.6 Å². The van der Waals surface area contributed by atoms with Gasteiger partial charge in [-0.1, -0.05) is 35.5 Å². The maximum atomic E-state index is 9.73. The third kappa shape index (κ3) is 5.47. The Balaban J connectivity index is 2.65. The minimum atomic E-state index is -0.119. The van der Waals surface area contributed by atoms with Gasteiger partial charge in [-0.2, -0.15) is 10.5 Å². The maximum absolute atomic E-state index is 9.73. The molecular weight excluding hydrogens is 414 g/mol. The van der Waals surface area contributed by atoms with E-state index in [9.17, 15) is 10.5 Å². The monoisotopic (exact) mass is 433 g/mol. The molecule has 2 aromatic rings. The summed E-state index contributed by atoms with van der Waals surface area (Å²) in [5.74, 6) is 0.194. The maximum Gasteiger partial charge on any atom is 0.189 e. The molecule has 0 radical (unpaired) electrons. The van der Waals surface area contributed by atoms with Crippen LogP contribution >= 0.6 is 23.4 Å². The van der Waals surface area contributed by atoms with Crippen molar-refractivity contribution >= 4 is 29.1 Å². The average Bonchev–Trinajstić information content (AvgIpc) is 2.73. The summed E-state index contributed by atoms with van der Waals surface area (Å²) in [5, 5.41) is 19.5. The minimum absolute atomic E-state index is 0.0000964. The summed E-state index contributed by atoms with van der Waals surface area (Å²) in [7, 11) is 0. The van der Waals surface area contributed by atoms with E-state index in [2.05, 4.69) is 0 Å². The molecule has 0 spiro atoms. The molecule has 0 atom stereocenters. The lowest BCUT2D eigenvalue weighted by Gasteiger charge is -2.19. The van der Waals surface area contributed by atoms with Crippen LogP contribution in [-0.4, -0.2) is 26.8 Å². The van der Waals surface area contributed by atoms with Crippen LogP contribution in [0.25, 0.3) is 0 Å². The van der Waals surface area contributed by atoms with Crippen molar-refractivity contribution in [2.75, 3.05) is 32.5 Å². The summed E-state index contributed by atoms with van der Waals surface area (Å²) in [6.07, 6.45) is 0. The van der Waals surface area contributed by atoms with E-state index < -0.39 is 0 Å². The molecule has 2 N–H and O–H groups in total. The summed E-state index contributed by atoms with van der Waals surface area (Å²) in [4.78, 5) is 1.10. The molecule has 0 unspecified atom stereocenters. The molecule has 0 saturated carbocycles.